The number of nitrogens with one attached hydrogen (secondary N) is 1. The molecule has 0 aromatic carbocycles. The number of hydrogen-bond donors (Lipinski definition) is 1. The number of aromatic nitrogens is 3. The van der Waals surface area contributed by atoms with E-state index in [1.165, 1.54) is 11.1 Å². The van der Waals surface area contributed by atoms with E-state index in [1.54, 1.807) is 0 Å². The smallest absolute Gasteiger partial charge is 0.193 e. The number of likely N-dealkylation sites (tertiary alicyclic amines) is 1. The molecule has 1 atom stereocenters. The first-order valence-corrected chi connectivity index (χ1v) is 10.4. The summed E-state index contributed by atoms with van der Waals surface area (Å²) in [5.41, 5.74) is 2.49. The second-order valence-electron chi connectivity index (χ2n) is 8.09. The van der Waals surface area contributed by atoms with Gasteiger partial charge in [0.25, 0.3) is 0 Å². The minimum absolute atomic E-state index is 0.520. The van der Waals surface area contributed by atoms with Crippen molar-refractivity contribution in [3.63, 3.8) is 0 Å². The van der Waals surface area contributed by atoms with Gasteiger partial charge in [0.1, 0.15) is 5.82 Å². The molecule has 156 valence electrons. The third-order valence-electron chi connectivity index (χ3n) is 5.98. The van der Waals surface area contributed by atoms with E-state index in [1.807, 2.05) is 31.2 Å². The number of guanidine groups is 1. The molecule has 0 aliphatic carbocycles. The van der Waals surface area contributed by atoms with Crippen LogP contribution in [0.25, 0.3) is 0 Å². The summed E-state index contributed by atoms with van der Waals surface area (Å²) in [6.07, 6.45) is 7.22. The number of pyridine rings is 1. The SMILES string of the molecule is CN=C(NCc1ccc(N2CCN(C)CC2)nc1)N1CCC(c2cnn(C)c2)C1. The molecule has 0 radical (unpaired) electrons. The molecule has 2 aliphatic rings. The first kappa shape index (κ1) is 19.7. The van der Waals surface area contributed by atoms with Gasteiger partial charge in [-0.15, -0.1) is 0 Å². The zero-order valence-corrected chi connectivity index (χ0v) is 17.8. The number of aliphatic imine (C=N–C) groups is 1. The molecule has 4 heterocycles. The Kier molecular flexibility index (Phi) is 5.99. The van der Waals surface area contributed by atoms with Gasteiger partial charge in [-0.25, -0.2) is 4.98 Å². The largest absolute Gasteiger partial charge is 0.354 e. The van der Waals surface area contributed by atoms with Gasteiger partial charge in [0.05, 0.1) is 6.20 Å². The number of piperazine rings is 1. The van der Waals surface area contributed by atoms with Crippen LogP contribution in [0.2, 0.25) is 0 Å². The van der Waals surface area contributed by atoms with Crippen LogP contribution >= 0.6 is 0 Å². The highest BCUT2D eigenvalue weighted by molar-refractivity contribution is 5.80. The lowest BCUT2D eigenvalue weighted by Crippen LogP contribution is -2.44. The lowest BCUT2D eigenvalue weighted by atomic mass is 10.0. The molecule has 1 N–H and O–H groups in total. The molecule has 4 rings (SSSR count). The van der Waals surface area contributed by atoms with Gasteiger partial charge in [-0.1, -0.05) is 6.07 Å². The van der Waals surface area contributed by atoms with E-state index in [2.05, 4.69) is 60.5 Å². The summed E-state index contributed by atoms with van der Waals surface area (Å²) < 4.78 is 1.88. The van der Waals surface area contributed by atoms with Gasteiger partial charge in [-0.05, 0) is 30.7 Å². The molecule has 29 heavy (non-hydrogen) atoms. The van der Waals surface area contributed by atoms with Gasteiger partial charge < -0.3 is 20.0 Å². The van der Waals surface area contributed by atoms with Crippen molar-refractivity contribution in [1.29, 1.82) is 0 Å². The summed E-state index contributed by atoms with van der Waals surface area (Å²) in [6.45, 7) is 7.00. The summed E-state index contributed by atoms with van der Waals surface area (Å²) in [7, 11) is 6.00. The molecular weight excluding hydrogens is 364 g/mol. The van der Waals surface area contributed by atoms with Crippen LogP contribution in [0.4, 0.5) is 5.82 Å². The second kappa shape index (κ2) is 8.82. The highest BCUT2D eigenvalue weighted by atomic mass is 15.3. The van der Waals surface area contributed by atoms with Gasteiger partial charge >= 0.3 is 0 Å². The molecule has 2 aromatic heterocycles. The van der Waals surface area contributed by atoms with Gasteiger partial charge in [0.15, 0.2) is 5.96 Å². The maximum Gasteiger partial charge on any atom is 0.193 e. The Bertz CT molecular complexity index is 819. The van der Waals surface area contributed by atoms with Gasteiger partial charge in [-0.3, -0.25) is 9.67 Å². The zero-order chi connectivity index (χ0) is 20.2. The Morgan fingerprint density at radius 2 is 1.97 bits per heavy atom. The summed E-state index contributed by atoms with van der Waals surface area (Å²) >= 11 is 0. The molecule has 2 saturated heterocycles. The molecule has 8 heteroatoms. The Morgan fingerprint density at radius 3 is 2.62 bits per heavy atom. The fourth-order valence-electron chi connectivity index (χ4n) is 4.13. The Morgan fingerprint density at radius 1 is 1.14 bits per heavy atom. The molecule has 2 fully saturated rings. The van der Waals surface area contributed by atoms with Gasteiger partial charge in [0.2, 0.25) is 0 Å². The van der Waals surface area contributed by atoms with E-state index in [4.69, 9.17) is 0 Å². The van der Waals surface area contributed by atoms with Crippen molar-refractivity contribution in [2.24, 2.45) is 12.0 Å². The molecule has 0 amide bonds. The fraction of sp³-hybridized carbons (Fsp3) is 0.571. The molecule has 0 bridgehead atoms. The van der Waals surface area contributed by atoms with Crippen LogP contribution in [0, 0.1) is 0 Å². The van der Waals surface area contributed by atoms with Gasteiger partial charge in [-0.2, -0.15) is 5.10 Å². The van der Waals surface area contributed by atoms with Crippen LogP contribution in [0.5, 0.6) is 0 Å². The van der Waals surface area contributed by atoms with Crippen LogP contribution < -0.4 is 10.2 Å². The van der Waals surface area contributed by atoms with E-state index in [9.17, 15) is 0 Å². The highest BCUT2D eigenvalue weighted by Gasteiger charge is 2.26. The average molecular weight is 397 g/mol. The Hall–Kier alpha value is -2.61. The van der Waals surface area contributed by atoms with Crippen molar-refractivity contribution in [3.05, 3.63) is 41.9 Å². The van der Waals surface area contributed by atoms with Crippen LogP contribution in [0.1, 0.15) is 23.5 Å². The third-order valence-corrected chi connectivity index (χ3v) is 5.98. The molecule has 0 spiro atoms. The van der Waals surface area contributed by atoms with Crippen LogP contribution in [0.3, 0.4) is 0 Å². The maximum atomic E-state index is 4.69. The monoisotopic (exact) mass is 396 g/mol. The lowest BCUT2D eigenvalue weighted by molar-refractivity contribution is 0.312. The molecule has 8 nitrogen and oxygen atoms in total. The van der Waals surface area contributed by atoms with E-state index < -0.39 is 0 Å². The predicted molar refractivity (Wildman–Crippen MR) is 116 cm³/mol. The van der Waals surface area contributed by atoms with E-state index >= 15 is 0 Å². The minimum Gasteiger partial charge on any atom is -0.354 e. The van der Waals surface area contributed by atoms with Crippen molar-refractivity contribution < 1.29 is 0 Å². The lowest BCUT2D eigenvalue weighted by Gasteiger charge is -2.33. The van der Waals surface area contributed by atoms with Gasteiger partial charge in [0, 0.05) is 78.2 Å². The number of aryl methyl sites for hydroxylation is 1. The van der Waals surface area contributed by atoms with E-state index in [0.29, 0.717) is 5.92 Å². The van der Waals surface area contributed by atoms with E-state index in [-0.39, 0.29) is 0 Å². The molecule has 0 saturated carbocycles. The quantitative estimate of drug-likeness (QED) is 0.618. The number of likely N-dealkylation sites (N-methyl/N-ethyl adjacent to an activating group) is 1. The van der Waals surface area contributed by atoms with Crippen molar-refractivity contribution in [1.82, 2.24) is 29.9 Å². The summed E-state index contributed by atoms with van der Waals surface area (Å²) in [5, 5.41) is 7.82. The average Bonchev–Trinajstić information content (AvgIpc) is 3.39. The maximum absolute atomic E-state index is 4.69. The number of anilines is 1. The first-order chi connectivity index (χ1) is 14.1. The highest BCUT2D eigenvalue weighted by Crippen LogP contribution is 2.26. The van der Waals surface area contributed by atoms with Crippen LogP contribution in [0.15, 0.2) is 35.7 Å². The molecular formula is C21H32N8. The fourth-order valence-corrected chi connectivity index (χ4v) is 4.13. The standard InChI is InChI=1S/C21H32N8/c1-22-21(29-7-6-18(16-29)19-14-25-27(3)15-19)24-13-17-4-5-20(23-12-17)28-10-8-26(2)9-11-28/h4-5,12,14-15,18H,6-11,13,16H2,1-3H3,(H,22,24). The van der Waals surface area contributed by atoms with Crippen molar-refractivity contribution in [2.45, 2.75) is 18.9 Å². The Labute approximate surface area is 173 Å². The molecule has 2 aliphatic heterocycles. The van der Waals surface area contributed by atoms with Crippen molar-refractivity contribution in [2.75, 3.05) is 58.3 Å². The number of nitrogens with zero attached hydrogens (tertiary/aromatic N) is 7. The van der Waals surface area contributed by atoms with Crippen LogP contribution in [-0.4, -0.2) is 83.9 Å². The second-order valence-corrected chi connectivity index (χ2v) is 8.09. The first-order valence-electron chi connectivity index (χ1n) is 10.4. The number of rotatable bonds is 4. The normalized spacial score (nSPS) is 21.1. The summed E-state index contributed by atoms with van der Waals surface area (Å²) in [5.74, 6) is 2.55. The molecule has 2 aromatic rings. The summed E-state index contributed by atoms with van der Waals surface area (Å²) in [4.78, 5) is 16.2. The minimum atomic E-state index is 0.520. The predicted octanol–water partition coefficient (Wildman–Crippen LogP) is 1.13. The Balaban J connectivity index is 1.30. The van der Waals surface area contributed by atoms with Crippen LogP contribution in [-0.2, 0) is 13.6 Å². The van der Waals surface area contributed by atoms with Crippen molar-refractivity contribution in [3.8, 4) is 0 Å². The third kappa shape index (κ3) is 4.70. The molecule has 1 unspecified atom stereocenters. The van der Waals surface area contributed by atoms with E-state index in [0.717, 1.165) is 64.0 Å². The topological polar surface area (TPSA) is 64.8 Å². The van der Waals surface area contributed by atoms with Crippen molar-refractivity contribution >= 4 is 11.8 Å². The zero-order valence-electron chi connectivity index (χ0n) is 17.8. The number of hydrogen-bond acceptors (Lipinski definition) is 5. The summed E-state index contributed by atoms with van der Waals surface area (Å²) in [6, 6.07) is 4.31.